The molecular weight excluding hydrogens is 980 g/mol. The minimum Gasteiger partial charge on any atom is -0.379 e. The monoisotopic (exact) mass is 1050 g/mol. The van der Waals surface area contributed by atoms with Crippen LogP contribution in [0.4, 0.5) is 74.6 Å². The number of alkyl halides is 17. The second kappa shape index (κ2) is 29.9. The van der Waals surface area contributed by atoms with Gasteiger partial charge in [0.25, 0.3) is 0 Å². The van der Waals surface area contributed by atoms with Gasteiger partial charge in [0.15, 0.2) is 0 Å². The van der Waals surface area contributed by atoms with E-state index in [1.807, 2.05) is 21.1 Å². The molecule has 0 saturated carbocycles. The number of phosphoric ester groups is 1. The molecule has 0 fully saturated rings. The van der Waals surface area contributed by atoms with Crippen LogP contribution in [0.5, 0.6) is 0 Å². The van der Waals surface area contributed by atoms with E-state index in [9.17, 15) is 84.1 Å². The summed E-state index contributed by atoms with van der Waals surface area (Å²) in [7, 11) is 1.28. The maximum Gasteiger partial charge on any atom is 0.472 e. The van der Waals surface area contributed by atoms with Crippen LogP contribution in [0.15, 0.2) is 12.2 Å². The van der Waals surface area contributed by atoms with Gasteiger partial charge in [-0.3, -0.25) is 9.05 Å². The zero-order valence-corrected chi connectivity index (χ0v) is 40.2. The number of unbranched alkanes of at least 4 members (excludes halogenated alkanes) is 20. The highest BCUT2D eigenvalue weighted by Gasteiger charge is 2.95. The van der Waals surface area contributed by atoms with Gasteiger partial charge in [0.05, 0.1) is 34.4 Å². The molecular formula is C43H72F17NO6P+. The van der Waals surface area contributed by atoms with E-state index in [-0.39, 0.29) is 45.3 Å². The smallest absolute Gasteiger partial charge is 0.379 e. The van der Waals surface area contributed by atoms with E-state index in [1.165, 1.54) is 64.2 Å². The van der Waals surface area contributed by atoms with Crippen LogP contribution in [-0.4, -0.2) is 124 Å². The Morgan fingerprint density at radius 3 is 1.29 bits per heavy atom. The number of ether oxygens (including phenoxy) is 2. The van der Waals surface area contributed by atoms with Crippen molar-refractivity contribution in [3.63, 3.8) is 0 Å². The average Bonchev–Trinajstić information content (AvgIpc) is 3.21. The Balaban J connectivity index is 4.84. The zero-order chi connectivity index (χ0) is 52.6. The van der Waals surface area contributed by atoms with Gasteiger partial charge in [-0.15, -0.1) is 0 Å². The van der Waals surface area contributed by atoms with Crippen LogP contribution in [0, 0.1) is 0 Å². The van der Waals surface area contributed by atoms with Crippen molar-refractivity contribution in [2.24, 2.45) is 0 Å². The van der Waals surface area contributed by atoms with Crippen molar-refractivity contribution >= 4 is 7.82 Å². The summed E-state index contributed by atoms with van der Waals surface area (Å²) in [5.41, 5.74) is 0. The summed E-state index contributed by atoms with van der Waals surface area (Å²) in [4.78, 5) is 10.1. The first kappa shape index (κ1) is 66.5. The predicted octanol–water partition coefficient (Wildman–Crippen LogP) is 15.4. The fraction of sp³-hybridized carbons (Fsp3) is 0.953. The molecule has 2 atom stereocenters. The third-order valence-electron chi connectivity index (χ3n) is 10.8. The molecule has 0 aromatic carbocycles. The van der Waals surface area contributed by atoms with Gasteiger partial charge in [-0.25, -0.2) is 4.57 Å². The second-order valence-electron chi connectivity index (χ2n) is 18.0. The van der Waals surface area contributed by atoms with Crippen LogP contribution in [-0.2, 0) is 23.1 Å². The average molecular weight is 1050 g/mol. The van der Waals surface area contributed by atoms with Gasteiger partial charge < -0.3 is 18.9 Å². The molecule has 0 aliphatic rings. The Bertz CT molecular complexity index is 1430. The Morgan fingerprint density at radius 2 is 0.868 bits per heavy atom. The molecule has 0 heterocycles. The first-order chi connectivity index (χ1) is 31.1. The third-order valence-corrected chi connectivity index (χ3v) is 11.8. The number of hydrogen-bond donors (Lipinski definition) is 1. The van der Waals surface area contributed by atoms with Gasteiger partial charge in [0.1, 0.15) is 19.3 Å². The summed E-state index contributed by atoms with van der Waals surface area (Å²) < 4.78 is 263. The van der Waals surface area contributed by atoms with Crippen LogP contribution in [0.1, 0.15) is 148 Å². The van der Waals surface area contributed by atoms with E-state index in [4.69, 9.17) is 18.5 Å². The fourth-order valence-electron chi connectivity index (χ4n) is 6.41. The Morgan fingerprint density at radius 1 is 0.485 bits per heavy atom. The second-order valence-corrected chi connectivity index (χ2v) is 19.5. The van der Waals surface area contributed by atoms with Crippen molar-refractivity contribution in [1.29, 1.82) is 0 Å². The minimum atomic E-state index is -8.65. The lowest BCUT2D eigenvalue weighted by Gasteiger charge is -2.42. The Labute approximate surface area is 389 Å². The van der Waals surface area contributed by atoms with Gasteiger partial charge in [0.2, 0.25) is 0 Å². The Kier molecular flexibility index (Phi) is 29.3. The van der Waals surface area contributed by atoms with Gasteiger partial charge in [-0.1, -0.05) is 129 Å². The number of halogens is 17. The van der Waals surface area contributed by atoms with E-state index < -0.39 is 74.1 Å². The van der Waals surface area contributed by atoms with Crippen molar-refractivity contribution in [1.82, 2.24) is 0 Å². The molecule has 1 N–H and O–H groups in total. The first-order valence-electron chi connectivity index (χ1n) is 23.1. The summed E-state index contributed by atoms with van der Waals surface area (Å²) in [5, 5.41) is 0. The quantitative estimate of drug-likeness (QED) is 0.0216. The first-order valence-corrected chi connectivity index (χ1v) is 24.6. The maximum absolute atomic E-state index is 14.1. The lowest BCUT2D eigenvalue weighted by molar-refractivity contribution is -0.870. The predicted molar refractivity (Wildman–Crippen MR) is 222 cm³/mol. The largest absolute Gasteiger partial charge is 0.472 e. The molecule has 0 aromatic rings. The molecule has 7 nitrogen and oxygen atoms in total. The number of likely N-dealkylation sites (N-methyl/N-ethyl adjacent to an activating group) is 1. The summed E-state index contributed by atoms with van der Waals surface area (Å²) in [6.07, 6.45) is 9.33. The van der Waals surface area contributed by atoms with Crippen molar-refractivity contribution in [2.45, 2.75) is 202 Å². The van der Waals surface area contributed by atoms with E-state index >= 15 is 0 Å². The van der Waals surface area contributed by atoms with Gasteiger partial charge >= 0.3 is 55.5 Å². The van der Waals surface area contributed by atoms with Crippen LogP contribution in [0.2, 0.25) is 0 Å². The molecule has 0 bridgehead atoms. The maximum atomic E-state index is 14.1. The van der Waals surface area contributed by atoms with Gasteiger partial charge in [-0.05, 0) is 31.8 Å². The van der Waals surface area contributed by atoms with Crippen molar-refractivity contribution in [2.75, 3.05) is 60.7 Å². The van der Waals surface area contributed by atoms with E-state index in [2.05, 4.69) is 6.92 Å². The molecule has 0 radical (unpaired) electrons. The molecule has 0 saturated heterocycles. The lowest BCUT2D eigenvalue weighted by Crippen LogP contribution is -2.74. The number of phosphoric acid groups is 1. The fourth-order valence-corrected chi connectivity index (χ4v) is 7.15. The van der Waals surface area contributed by atoms with Gasteiger partial charge in [-0.2, -0.15) is 74.6 Å². The van der Waals surface area contributed by atoms with Crippen LogP contribution in [0.3, 0.4) is 0 Å². The molecule has 0 aliphatic heterocycles. The van der Waals surface area contributed by atoms with E-state index in [0.29, 0.717) is 49.7 Å². The van der Waals surface area contributed by atoms with E-state index in [1.54, 1.807) is 0 Å². The molecule has 0 amide bonds. The Hall–Kier alpha value is -1.46. The number of hydrogen-bond acceptors (Lipinski definition) is 5. The van der Waals surface area contributed by atoms with Crippen LogP contribution < -0.4 is 0 Å². The molecule has 0 aromatic heterocycles. The highest BCUT2D eigenvalue weighted by Crippen LogP contribution is 2.64. The standard InChI is InChI=1S/C43H71F17NO6P/c1-5-6-7-8-9-10-11-12-13-14-18-21-24-27-31-65-35(34-67-68(62,63)66-32-29-61(2,3)4)33-64-30-26-23-20-17-15-16-19-22-25-28-36(44,45)37(46,47)38(48,49)39(50,51)40(52,53)41(54,55)42(56,57)43(58,59)60/h25,28,35H,5-24,26-27,29-34H2,1-4H3/p+1/b28-25+. The third kappa shape index (κ3) is 21.7. The summed E-state index contributed by atoms with van der Waals surface area (Å²) in [6.45, 7) is 3.05. The highest BCUT2D eigenvalue weighted by molar-refractivity contribution is 7.47. The molecule has 0 spiro atoms. The van der Waals surface area contributed by atoms with Crippen LogP contribution >= 0.6 is 7.82 Å². The number of quaternary nitrogens is 1. The van der Waals surface area contributed by atoms with Crippen molar-refractivity contribution in [3.05, 3.63) is 12.2 Å². The molecule has 68 heavy (non-hydrogen) atoms. The number of rotatable bonds is 42. The highest BCUT2D eigenvalue weighted by atomic mass is 31.2. The topological polar surface area (TPSA) is 74.2 Å². The van der Waals surface area contributed by atoms with E-state index in [0.717, 1.165) is 25.7 Å². The summed E-state index contributed by atoms with van der Waals surface area (Å²) in [5.74, 6) is -56.5. The molecule has 2 unspecified atom stereocenters. The molecule has 0 aliphatic carbocycles. The van der Waals surface area contributed by atoms with Crippen LogP contribution in [0.25, 0.3) is 0 Å². The number of nitrogens with zero attached hydrogens (tertiary/aromatic N) is 1. The normalized spacial score (nSPS) is 15.7. The van der Waals surface area contributed by atoms with Crippen molar-refractivity contribution in [3.8, 4) is 0 Å². The SMILES string of the molecule is CCCCCCCCCCCCCCCCOC(COCCCCCCCCC/C=C/C(F)(F)C(F)(F)C(F)(F)C(F)(F)C(F)(F)C(F)(F)C(F)(F)C(F)(F)F)COP(=O)(O)OCC[N+](C)(C)C. The minimum absolute atomic E-state index is 0.0204. The zero-order valence-electron chi connectivity index (χ0n) is 39.3. The molecule has 0 rings (SSSR count). The summed E-state index contributed by atoms with van der Waals surface area (Å²) in [6, 6.07) is 0. The lowest BCUT2D eigenvalue weighted by atomic mass is 9.89. The van der Waals surface area contributed by atoms with Crippen molar-refractivity contribution < 1.29 is 107 Å². The summed E-state index contributed by atoms with van der Waals surface area (Å²) >= 11 is 0. The number of allylic oxidation sites excluding steroid dienone is 2. The molecule has 408 valence electrons. The van der Waals surface area contributed by atoms with Gasteiger partial charge in [0, 0.05) is 13.2 Å². The molecule has 25 heteroatoms.